The molecule has 1 N–H and O–H groups in total. The average molecular weight is 241 g/mol. The standard InChI is InChI=1S/C8H13NO5.K/c1-13-8(14-2)5-9-6(10)3-4-7(11)12;/h3-4,8H,5H2,1-2H3,(H,9,10)(H,11,12);/q;+1/p-1/b4-3-;. The monoisotopic (exact) mass is 241 g/mol. The molecule has 15 heavy (non-hydrogen) atoms. The summed E-state index contributed by atoms with van der Waals surface area (Å²) in [5.41, 5.74) is 0. The maximum Gasteiger partial charge on any atom is 1.00 e. The zero-order valence-corrected chi connectivity index (χ0v) is 12.1. The van der Waals surface area contributed by atoms with Crippen molar-refractivity contribution in [1.82, 2.24) is 5.32 Å². The summed E-state index contributed by atoms with van der Waals surface area (Å²) in [4.78, 5) is 20.8. The van der Waals surface area contributed by atoms with Gasteiger partial charge in [0.25, 0.3) is 0 Å². The molecule has 1 amide bonds. The van der Waals surface area contributed by atoms with Gasteiger partial charge < -0.3 is 24.7 Å². The Bertz CT molecular complexity index is 227. The third-order valence-electron chi connectivity index (χ3n) is 1.34. The Hall–Kier alpha value is 0.236. The van der Waals surface area contributed by atoms with E-state index in [4.69, 9.17) is 9.47 Å². The number of ether oxygens (including phenoxy) is 2. The molecule has 0 aliphatic heterocycles. The van der Waals surface area contributed by atoms with Gasteiger partial charge in [-0.15, -0.1) is 0 Å². The number of carboxylic acids is 1. The molecule has 0 radical (unpaired) electrons. The largest absolute Gasteiger partial charge is 1.00 e. The topological polar surface area (TPSA) is 87.7 Å². The molecule has 0 aromatic rings. The molecule has 0 saturated carbocycles. The number of methoxy groups -OCH3 is 2. The van der Waals surface area contributed by atoms with Crippen LogP contribution in [-0.2, 0) is 19.1 Å². The summed E-state index contributed by atoms with van der Waals surface area (Å²) in [6.45, 7) is 0.142. The first-order chi connectivity index (χ1) is 6.60. The molecule has 80 valence electrons. The summed E-state index contributed by atoms with van der Waals surface area (Å²) < 4.78 is 9.57. The first kappa shape index (κ1) is 17.6. The number of hydrogen-bond acceptors (Lipinski definition) is 5. The van der Waals surface area contributed by atoms with E-state index in [1.54, 1.807) is 0 Å². The molecule has 0 aliphatic rings. The van der Waals surface area contributed by atoms with Crippen LogP contribution in [0.2, 0.25) is 0 Å². The second-order valence-corrected chi connectivity index (χ2v) is 2.30. The fourth-order valence-electron chi connectivity index (χ4n) is 0.649. The van der Waals surface area contributed by atoms with Gasteiger partial charge in [-0.25, -0.2) is 0 Å². The van der Waals surface area contributed by atoms with Crippen LogP contribution < -0.4 is 61.8 Å². The van der Waals surface area contributed by atoms with Crippen LogP contribution in [0.15, 0.2) is 12.2 Å². The van der Waals surface area contributed by atoms with Gasteiger partial charge in [-0.2, -0.15) is 0 Å². The van der Waals surface area contributed by atoms with Crippen molar-refractivity contribution in [3.05, 3.63) is 12.2 Å². The average Bonchev–Trinajstić information content (AvgIpc) is 2.16. The molecule has 6 nitrogen and oxygen atoms in total. The zero-order valence-electron chi connectivity index (χ0n) is 8.98. The Morgan fingerprint density at radius 1 is 1.33 bits per heavy atom. The number of amides is 1. The van der Waals surface area contributed by atoms with Gasteiger partial charge in [-0.1, -0.05) is 0 Å². The minimum absolute atomic E-state index is 0. The molecule has 0 bridgehead atoms. The van der Waals surface area contributed by atoms with Crippen LogP contribution in [0.3, 0.4) is 0 Å². The van der Waals surface area contributed by atoms with Crippen molar-refractivity contribution in [1.29, 1.82) is 0 Å². The van der Waals surface area contributed by atoms with E-state index in [1.807, 2.05) is 0 Å². The van der Waals surface area contributed by atoms with Gasteiger partial charge in [0.1, 0.15) is 0 Å². The number of rotatable bonds is 6. The molecular formula is C8H12KNO5. The minimum atomic E-state index is -1.42. The van der Waals surface area contributed by atoms with E-state index in [0.717, 1.165) is 6.08 Å². The van der Waals surface area contributed by atoms with E-state index in [-0.39, 0.29) is 57.9 Å². The molecule has 0 unspecified atom stereocenters. The van der Waals surface area contributed by atoms with Gasteiger partial charge >= 0.3 is 51.4 Å². The maximum absolute atomic E-state index is 10.9. The van der Waals surface area contributed by atoms with E-state index in [0.29, 0.717) is 6.08 Å². The molecule has 0 rings (SSSR count). The molecule has 0 saturated heterocycles. The van der Waals surface area contributed by atoms with E-state index in [9.17, 15) is 14.7 Å². The number of aliphatic carboxylic acids is 1. The van der Waals surface area contributed by atoms with Crippen molar-refractivity contribution in [3.63, 3.8) is 0 Å². The number of nitrogens with one attached hydrogen (secondary N) is 1. The van der Waals surface area contributed by atoms with Crippen molar-refractivity contribution >= 4 is 11.9 Å². The van der Waals surface area contributed by atoms with Crippen LogP contribution in [0.5, 0.6) is 0 Å². The van der Waals surface area contributed by atoms with Crippen LogP contribution in [-0.4, -0.2) is 38.9 Å². The van der Waals surface area contributed by atoms with Gasteiger partial charge in [0.2, 0.25) is 5.91 Å². The normalized spacial score (nSPS) is 10.1. The maximum atomic E-state index is 10.9. The molecule has 0 atom stereocenters. The van der Waals surface area contributed by atoms with Crippen LogP contribution >= 0.6 is 0 Å². The smallest absolute Gasteiger partial charge is 0.545 e. The molecule has 7 heteroatoms. The van der Waals surface area contributed by atoms with Crippen molar-refractivity contribution in [2.24, 2.45) is 0 Å². The second kappa shape index (κ2) is 10.7. The van der Waals surface area contributed by atoms with Crippen molar-refractivity contribution < 1.29 is 75.6 Å². The summed E-state index contributed by atoms with van der Waals surface area (Å²) in [7, 11) is 2.86. The summed E-state index contributed by atoms with van der Waals surface area (Å²) in [6.07, 6.45) is 0.956. The SMILES string of the molecule is COC(CNC(=O)/C=C\C(=O)[O-])OC.[K+]. The molecular weight excluding hydrogens is 229 g/mol. The first-order valence-corrected chi connectivity index (χ1v) is 3.82. The number of carboxylic acid groups (broad SMARTS) is 1. The Morgan fingerprint density at radius 3 is 2.27 bits per heavy atom. The first-order valence-electron chi connectivity index (χ1n) is 3.82. The van der Waals surface area contributed by atoms with Gasteiger partial charge in [0.05, 0.1) is 12.5 Å². The van der Waals surface area contributed by atoms with Gasteiger partial charge in [0.15, 0.2) is 6.29 Å². The van der Waals surface area contributed by atoms with E-state index < -0.39 is 18.2 Å². The quantitative estimate of drug-likeness (QED) is 0.286. The molecule has 0 aliphatic carbocycles. The van der Waals surface area contributed by atoms with E-state index in [2.05, 4.69) is 5.32 Å². The van der Waals surface area contributed by atoms with E-state index in [1.165, 1.54) is 14.2 Å². The van der Waals surface area contributed by atoms with Crippen molar-refractivity contribution in [2.45, 2.75) is 6.29 Å². The Labute approximate surface area is 130 Å². The fraction of sp³-hybridized carbons (Fsp3) is 0.500. The van der Waals surface area contributed by atoms with Crippen molar-refractivity contribution in [2.75, 3.05) is 20.8 Å². The Balaban J connectivity index is 0. The summed E-state index contributed by atoms with van der Waals surface area (Å²) in [6, 6.07) is 0. The second-order valence-electron chi connectivity index (χ2n) is 2.30. The van der Waals surface area contributed by atoms with Crippen LogP contribution in [0.4, 0.5) is 0 Å². The Kier molecular flexibility index (Phi) is 12.6. The summed E-state index contributed by atoms with van der Waals surface area (Å²) >= 11 is 0. The predicted molar refractivity (Wildman–Crippen MR) is 45.0 cm³/mol. The van der Waals surface area contributed by atoms with Crippen LogP contribution in [0, 0.1) is 0 Å². The summed E-state index contributed by atoms with van der Waals surface area (Å²) in [5.74, 6) is -1.97. The van der Waals surface area contributed by atoms with Gasteiger partial charge in [-0.05, 0) is 6.08 Å². The summed E-state index contributed by atoms with van der Waals surface area (Å²) in [5, 5.41) is 12.3. The van der Waals surface area contributed by atoms with Gasteiger partial charge in [-0.3, -0.25) is 4.79 Å². The number of carbonyl (C=O) groups excluding carboxylic acids is 2. The number of carbonyl (C=O) groups is 2. The minimum Gasteiger partial charge on any atom is -0.545 e. The van der Waals surface area contributed by atoms with Crippen LogP contribution in [0.1, 0.15) is 0 Å². The third kappa shape index (κ3) is 10.5. The number of hydrogen-bond donors (Lipinski definition) is 1. The fourth-order valence-corrected chi connectivity index (χ4v) is 0.649. The molecule has 0 heterocycles. The predicted octanol–water partition coefficient (Wildman–Crippen LogP) is -4.97. The van der Waals surface area contributed by atoms with E-state index >= 15 is 0 Å². The van der Waals surface area contributed by atoms with Crippen molar-refractivity contribution in [3.8, 4) is 0 Å². The molecule has 0 fully saturated rings. The van der Waals surface area contributed by atoms with Gasteiger partial charge in [0, 0.05) is 20.3 Å². The molecule has 0 aromatic heterocycles. The Morgan fingerprint density at radius 2 is 1.87 bits per heavy atom. The molecule has 0 aromatic carbocycles. The zero-order chi connectivity index (χ0) is 11.0. The van der Waals surface area contributed by atoms with Crippen LogP contribution in [0.25, 0.3) is 0 Å². The molecule has 0 spiro atoms. The third-order valence-corrected chi connectivity index (χ3v) is 1.34.